The van der Waals surface area contributed by atoms with Crippen LogP contribution in [0.4, 0.5) is 5.82 Å². The van der Waals surface area contributed by atoms with Crippen LogP contribution in [0.1, 0.15) is 32.0 Å². The van der Waals surface area contributed by atoms with Gasteiger partial charge < -0.3 is 15.4 Å². The van der Waals surface area contributed by atoms with Crippen molar-refractivity contribution in [3.05, 3.63) is 59.9 Å². The molecular weight excluding hydrogens is 364 g/mol. The minimum absolute atomic E-state index is 0.0930. The number of pyridine rings is 1. The Balaban J connectivity index is 1.49. The van der Waals surface area contributed by atoms with Gasteiger partial charge in [0, 0.05) is 23.7 Å². The Morgan fingerprint density at radius 3 is 2.72 bits per heavy atom. The summed E-state index contributed by atoms with van der Waals surface area (Å²) >= 11 is 0. The molecule has 0 aliphatic carbocycles. The van der Waals surface area contributed by atoms with E-state index in [1.807, 2.05) is 42.6 Å². The lowest BCUT2D eigenvalue weighted by Crippen LogP contribution is -2.30. The van der Waals surface area contributed by atoms with Crippen LogP contribution in [0.5, 0.6) is 6.01 Å². The second kappa shape index (κ2) is 7.50. The van der Waals surface area contributed by atoms with Gasteiger partial charge in [0.15, 0.2) is 0 Å². The number of rotatable bonds is 6. The van der Waals surface area contributed by atoms with E-state index >= 15 is 0 Å². The number of hydrogen-bond acceptors (Lipinski definition) is 6. The van der Waals surface area contributed by atoms with Crippen LogP contribution in [0.25, 0.3) is 22.3 Å². The molecule has 3 N–H and O–H groups in total. The number of anilines is 1. The molecule has 0 unspecified atom stereocenters. The molecule has 3 aromatic heterocycles. The first kappa shape index (κ1) is 18.9. The Labute approximate surface area is 169 Å². The van der Waals surface area contributed by atoms with Gasteiger partial charge in [0.25, 0.3) is 6.01 Å². The van der Waals surface area contributed by atoms with E-state index in [1.54, 1.807) is 0 Å². The van der Waals surface area contributed by atoms with Gasteiger partial charge in [0.05, 0.1) is 22.4 Å². The zero-order valence-electron chi connectivity index (χ0n) is 16.8. The standard InChI is InChI=1S/C22H24N6O/c1-4-14-6-5-11-23-20(14)22(2,3)13-24-19-10-9-16(27-28-19)15-7-8-17-18(12-15)26-21(29)25-17/h5-12H,4,13H2,1-3H3,(H,24,28)(H2,25,26,29). The molecule has 0 saturated heterocycles. The molecule has 7 heteroatoms. The maximum absolute atomic E-state index is 9.49. The summed E-state index contributed by atoms with van der Waals surface area (Å²) in [7, 11) is 0. The summed E-state index contributed by atoms with van der Waals surface area (Å²) in [5.41, 5.74) is 5.34. The van der Waals surface area contributed by atoms with Crippen molar-refractivity contribution in [3.8, 4) is 17.3 Å². The number of hydrogen-bond donors (Lipinski definition) is 3. The fourth-order valence-corrected chi connectivity index (χ4v) is 3.46. The Hall–Kier alpha value is -3.48. The molecule has 4 rings (SSSR count). The first-order chi connectivity index (χ1) is 14.0. The van der Waals surface area contributed by atoms with Crippen LogP contribution >= 0.6 is 0 Å². The number of aromatic hydroxyl groups is 1. The number of aromatic nitrogens is 5. The molecule has 1 aromatic carbocycles. The summed E-state index contributed by atoms with van der Waals surface area (Å²) in [5, 5.41) is 21.5. The van der Waals surface area contributed by atoms with E-state index in [9.17, 15) is 5.11 Å². The highest BCUT2D eigenvalue weighted by atomic mass is 16.3. The van der Waals surface area contributed by atoms with Gasteiger partial charge in [-0.15, -0.1) is 10.2 Å². The molecule has 0 aliphatic rings. The first-order valence-corrected chi connectivity index (χ1v) is 9.67. The summed E-state index contributed by atoms with van der Waals surface area (Å²) in [6.45, 7) is 7.20. The lowest BCUT2D eigenvalue weighted by Gasteiger charge is -2.26. The number of H-pyrrole nitrogens is 1. The van der Waals surface area contributed by atoms with Gasteiger partial charge in [0.2, 0.25) is 0 Å². The second-order valence-electron chi connectivity index (χ2n) is 7.70. The van der Waals surface area contributed by atoms with Crippen LogP contribution in [-0.2, 0) is 11.8 Å². The number of benzene rings is 1. The number of nitrogens with zero attached hydrogens (tertiary/aromatic N) is 4. The molecular formula is C22H24N6O. The molecule has 4 aromatic rings. The van der Waals surface area contributed by atoms with E-state index in [2.05, 4.69) is 57.3 Å². The molecule has 0 radical (unpaired) electrons. The molecule has 148 valence electrons. The highest BCUT2D eigenvalue weighted by Crippen LogP contribution is 2.26. The zero-order valence-corrected chi connectivity index (χ0v) is 16.8. The van der Waals surface area contributed by atoms with Gasteiger partial charge in [-0.2, -0.15) is 4.98 Å². The third-order valence-corrected chi connectivity index (χ3v) is 5.06. The summed E-state index contributed by atoms with van der Waals surface area (Å²) in [4.78, 5) is 11.5. The number of nitrogens with one attached hydrogen (secondary N) is 2. The van der Waals surface area contributed by atoms with Crippen molar-refractivity contribution < 1.29 is 5.11 Å². The SMILES string of the molecule is CCc1cccnc1C(C)(C)CNc1ccc(-c2ccc3[nH]c(O)nc3c2)nn1. The highest BCUT2D eigenvalue weighted by Gasteiger charge is 2.24. The average molecular weight is 388 g/mol. The maximum atomic E-state index is 9.49. The number of imidazole rings is 1. The summed E-state index contributed by atoms with van der Waals surface area (Å²) in [6, 6.07) is 13.5. The monoisotopic (exact) mass is 388 g/mol. The third kappa shape index (κ3) is 3.89. The molecule has 0 saturated carbocycles. The van der Waals surface area contributed by atoms with Crippen molar-refractivity contribution in [2.75, 3.05) is 11.9 Å². The second-order valence-corrected chi connectivity index (χ2v) is 7.70. The van der Waals surface area contributed by atoms with Crippen molar-refractivity contribution in [2.24, 2.45) is 0 Å². The van der Waals surface area contributed by atoms with E-state index in [0.717, 1.165) is 28.9 Å². The summed E-state index contributed by atoms with van der Waals surface area (Å²) in [6.07, 6.45) is 2.81. The van der Waals surface area contributed by atoms with E-state index in [4.69, 9.17) is 0 Å². The maximum Gasteiger partial charge on any atom is 0.292 e. The van der Waals surface area contributed by atoms with E-state index in [1.165, 1.54) is 5.56 Å². The molecule has 0 bridgehead atoms. The summed E-state index contributed by atoms with van der Waals surface area (Å²) in [5.74, 6) is 0.717. The van der Waals surface area contributed by atoms with Crippen LogP contribution in [-0.4, -0.2) is 36.8 Å². The lowest BCUT2D eigenvalue weighted by atomic mass is 9.85. The molecule has 29 heavy (non-hydrogen) atoms. The van der Waals surface area contributed by atoms with Crippen molar-refractivity contribution in [1.82, 2.24) is 25.1 Å². The molecule has 0 fully saturated rings. The van der Waals surface area contributed by atoms with E-state index in [-0.39, 0.29) is 11.4 Å². The van der Waals surface area contributed by atoms with Crippen LogP contribution in [0, 0.1) is 0 Å². The summed E-state index contributed by atoms with van der Waals surface area (Å²) < 4.78 is 0. The number of aromatic amines is 1. The highest BCUT2D eigenvalue weighted by molar-refractivity contribution is 5.81. The van der Waals surface area contributed by atoms with Crippen LogP contribution < -0.4 is 5.32 Å². The molecule has 7 nitrogen and oxygen atoms in total. The number of aryl methyl sites for hydroxylation is 1. The average Bonchev–Trinajstić information content (AvgIpc) is 3.12. The Morgan fingerprint density at radius 2 is 1.97 bits per heavy atom. The fourth-order valence-electron chi connectivity index (χ4n) is 3.46. The number of fused-ring (bicyclic) bond motifs is 1. The smallest absolute Gasteiger partial charge is 0.292 e. The Kier molecular flexibility index (Phi) is 4.88. The van der Waals surface area contributed by atoms with Crippen molar-refractivity contribution >= 4 is 16.9 Å². The van der Waals surface area contributed by atoms with Gasteiger partial charge in [-0.3, -0.25) is 4.98 Å². The normalized spacial score (nSPS) is 11.7. The zero-order chi connectivity index (χ0) is 20.4. The van der Waals surface area contributed by atoms with Crippen LogP contribution in [0.15, 0.2) is 48.7 Å². The fraction of sp³-hybridized carbons (Fsp3) is 0.273. The van der Waals surface area contributed by atoms with Gasteiger partial charge in [-0.05, 0) is 42.3 Å². The van der Waals surface area contributed by atoms with Crippen LogP contribution in [0.2, 0.25) is 0 Å². The largest absolute Gasteiger partial charge is 0.480 e. The van der Waals surface area contributed by atoms with Crippen LogP contribution in [0.3, 0.4) is 0 Å². The van der Waals surface area contributed by atoms with Gasteiger partial charge in [-0.1, -0.05) is 32.9 Å². The molecule has 0 atom stereocenters. The minimum atomic E-state index is -0.139. The molecule has 3 heterocycles. The van der Waals surface area contributed by atoms with E-state index in [0.29, 0.717) is 17.9 Å². The quantitative estimate of drug-likeness (QED) is 0.460. The lowest BCUT2D eigenvalue weighted by molar-refractivity contribution is 0.438. The predicted octanol–water partition coefficient (Wildman–Crippen LogP) is 4.07. The van der Waals surface area contributed by atoms with Crippen molar-refractivity contribution in [1.29, 1.82) is 0 Å². The van der Waals surface area contributed by atoms with Gasteiger partial charge in [-0.25, -0.2) is 0 Å². The Bertz CT molecular complexity index is 1130. The topological polar surface area (TPSA) is 99.6 Å². The molecule has 0 spiro atoms. The minimum Gasteiger partial charge on any atom is -0.480 e. The van der Waals surface area contributed by atoms with Crippen molar-refractivity contribution in [2.45, 2.75) is 32.6 Å². The van der Waals surface area contributed by atoms with Crippen molar-refractivity contribution in [3.63, 3.8) is 0 Å². The van der Waals surface area contributed by atoms with Gasteiger partial charge in [0.1, 0.15) is 5.82 Å². The predicted molar refractivity (Wildman–Crippen MR) is 114 cm³/mol. The Morgan fingerprint density at radius 1 is 1.10 bits per heavy atom. The van der Waals surface area contributed by atoms with E-state index < -0.39 is 0 Å². The third-order valence-electron chi connectivity index (χ3n) is 5.06. The van der Waals surface area contributed by atoms with Gasteiger partial charge >= 0.3 is 0 Å². The molecule has 0 amide bonds. The first-order valence-electron chi connectivity index (χ1n) is 9.67. The molecule has 0 aliphatic heterocycles.